The van der Waals surface area contributed by atoms with Crippen LogP contribution in [0, 0.1) is 5.82 Å². The maximum atomic E-state index is 12.9. The first-order valence-electron chi connectivity index (χ1n) is 3.57. The largest absolute Gasteiger partial charge is 0.411 e. The summed E-state index contributed by atoms with van der Waals surface area (Å²) < 4.78 is 13.1. The van der Waals surface area contributed by atoms with Crippen LogP contribution in [0.4, 0.5) is 10.1 Å². The minimum absolute atomic E-state index is 0.152. The molecule has 0 saturated carbocycles. The van der Waals surface area contributed by atoms with E-state index in [1.54, 1.807) is 0 Å². The van der Waals surface area contributed by atoms with Crippen LogP contribution in [-0.2, 0) is 4.79 Å². The molecule has 1 aromatic carbocycles. The summed E-state index contributed by atoms with van der Waals surface area (Å²) in [5.74, 6) is -1.12. The highest BCUT2D eigenvalue weighted by atomic mass is 79.9. The molecule has 1 rings (SSSR count). The maximum absolute atomic E-state index is 12.9. The lowest BCUT2D eigenvalue weighted by Gasteiger charge is -2.04. The molecular weight excluding hydrogens is 255 g/mol. The van der Waals surface area contributed by atoms with E-state index in [1.165, 1.54) is 18.2 Å². The molecule has 0 aromatic heterocycles. The number of hydrogen-bond acceptors (Lipinski definition) is 3. The summed E-state index contributed by atoms with van der Waals surface area (Å²) in [7, 11) is 0. The van der Waals surface area contributed by atoms with Crippen molar-refractivity contribution < 1.29 is 14.4 Å². The third-order valence-electron chi connectivity index (χ3n) is 1.38. The Morgan fingerprint density at radius 1 is 1.64 bits per heavy atom. The van der Waals surface area contributed by atoms with Crippen LogP contribution in [0.25, 0.3) is 0 Å². The number of carbonyl (C=O) groups excluding carboxylic acids is 1. The number of carbonyl (C=O) groups is 1. The fraction of sp³-hybridized carbons (Fsp3) is 0. The Kier molecular flexibility index (Phi) is 3.58. The molecule has 14 heavy (non-hydrogen) atoms. The highest BCUT2D eigenvalue weighted by Gasteiger charge is 2.06. The van der Waals surface area contributed by atoms with E-state index in [0.717, 1.165) is 0 Å². The Hall–Kier alpha value is -1.43. The van der Waals surface area contributed by atoms with Gasteiger partial charge in [-0.15, -0.1) is 0 Å². The molecule has 6 heteroatoms. The van der Waals surface area contributed by atoms with Gasteiger partial charge < -0.3 is 10.5 Å². The number of nitrogens with zero attached hydrogens (tertiary/aromatic N) is 1. The molecular formula is C8H6BrFN2O2. The van der Waals surface area contributed by atoms with Crippen LogP contribution < -0.4 is 5.32 Å². The number of oxime groups is 1. The number of rotatable bonds is 2. The summed E-state index contributed by atoms with van der Waals surface area (Å²) in [6.07, 6.45) is 0.678. The Bertz CT molecular complexity index is 382. The topological polar surface area (TPSA) is 61.7 Å². The molecule has 74 valence electrons. The smallest absolute Gasteiger partial charge is 0.270 e. The van der Waals surface area contributed by atoms with Crippen molar-refractivity contribution in [2.75, 3.05) is 5.32 Å². The number of amides is 1. The van der Waals surface area contributed by atoms with Crippen molar-refractivity contribution in [3.8, 4) is 0 Å². The quantitative estimate of drug-likeness (QED) is 0.485. The van der Waals surface area contributed by atoms with Gasteiger partial charge in [-0.05, 0) is 28.1 Å². The first-order valence-corrected chi connectivity index (χ1v) is 4.37. The average Bonchev–Trinajstić information content (AvgIpc) is 2.13. The third kappa shape index (κ3) is 2.53. The van der Waals surface area contributed by atoms with Crippen molar-refractivity contribution in [1.29, 1.82) is 0 Å². The summed E-state index contributed by atoms with van der Waals surface area (Å²) >= 11 is 2.96. The van der Waals surface area contributed by atoms with Gasteiger partial charge in [0.05, 0.1) is 10.2 Å². The minimum atomic E-state index is -0.640. The van der Waals surface area contributed by atoms with Gasteiger partial charge in [-0.2, -0.15) is 0 Å². The number of anilines is 1. The highest BCUT2D eigenvalue weighted by molar-refractivity contribution is 9.10. The second-order valence-electron chi connectivity index (χ2n) is 2.34. The van der Waals surface area contributed by atoms with Crippen LogP contribution in [0.2, 0.25) is 0 Å². The summed E-state index contributed by atoms with van der Waals surface area (Å²) in [5.41, 5.74) is 0.273. The predicted molar refractivity (Wildman–Crippen MR) is 53.0 cm³/mol. The van der Waals surface area contributed by atoms with Gasteiger partial charge in [0.1, 0.15) is 12.0 Å². The van der Waals surface area contributed by atoms with Gasteiger partial charge in [0.15, 0.2) is 0 Å². The molecule has 2 N–H and O–H groups in total. The van der Waals surface area contributed by atoms with Crippen molar-refractivity contribution >= 4 is 33.7 Å². The molecule has 0 atom stereocenters. The maximum Gasteiger partial charge on any atom is 0.270 e. The molecule has 0 bridgehead atoms. The standard InChI is InChI=1S/C8H6BrFN2O2/c9-8-5(10)2-1-3-6(8)12-7(13)4-11-14/h1-4,14H,(H,12,13)/b11-4+. The van der Waals surface area contributed by atoms with Gasteiger partial charge >= 0.3 is 0 Å². The second-order valence-corrected chi connectivity index (χ2v) is 3.13. The van der Waals surface area contributed by atoms with Crippen LogP contribution in [0.15, 0.2) is 27.8 Å². The lowest BCUT2D eigenvalue weighted by atomic mass is 10.3. The van der Waals surface area contributed by atoms with Crippen LogP contribution in [0.5, 0.6) is 0 Å². The zero-order valence-electron chi connectivity index (χ0n) is 6.87. The highest BCUT2D eigenvalue weighted by Crippen LogP contribution is 2.24. The molecule has 0 radical (unpaired) electrons. The summed E-state index contributed by atoms with van der Waals surface area (Å²) in [6, 6.07) is 4.21. The zero-order valence-corrected chi connectivity index (χ0v) is 8.45. The molecule has 0 spiro atoms. The summed E-state index contributed by atoms with van der Waals surface area (Å²) in [5, 5.41) is 12.9. The zero-order chi connectivity index (χ0) is 10.6. The van der Waals surface area contributed by atoms with Crippen molar-refractivity contribution in [3.05, 3.63) is 28.5 Å². The Morgan fingerprint density at radius 3 is 3.00 bits per heavy atom. The molecule has 0 unspecified atom stereocenters. The summed E-state index contributed by atoms with van der Waals surface area (Å²) in [6.45, 7) is 0. The van der Waals surface area contributed by atoms with Crippen molar-refractivity contribution in [2.45, 2.75) is 0 Å². The van der Waals surface area contributed by atoms with E-state index < -0.39 is 11.7 Å². The van der Waals surface area contributed by atoms with Gasteiger partial charge in [0.25, 0.3) is 5.91 Å². The van der Waals surface area contributed by atoms with E-state index in [9.17, 15) is 9.18 Å². The molecule has 0 saturated heterocycles. The third-order valence-corrected chi connectivity index (χ3v) is 2.19. The second kappa shape index (κ2) is 4.71. The lowest BCUT2D eigenvalue weighted by molar-refractivity contribution is -0.110. The fourth-order valence-corrected chi connectivity index (χ4v) is 1.18. The van der Waals surface area contributed by atoms with Gasteiger partial charge in [-0.25, -0.2) is 4.39 Å². The van der Waals surface area contributed by atoms with E-state index in [4.69, 9.17) is 5.21 Å². The van der Waals surface area contributed by atoms with E-state index in [-0.39, 0.29) is 10.2 Å². The normalized spacial score (nSPS) is 10.4. The number of benzene rings is 1. The molecule has 1 aromatic rings. The fourth-order valence-electron chi connectivity index (χ4n) is 0.818. The van der Waals surface area contributed by atoms with Gasteiger partial charge in [-0.1, -0.05) is 11.2 Å². The summed E-state index contributed by atoms with van der Waals surface area (Å²) in [4.78, 5) is 10.9. The van der Waals surface area contributed by atoms with Gasteiger partial charge in [0.2, 0.25) is 0 Å². The monoisotopic (exact) mass is 260 g/mol. The average molecular weight is 261 g/mol. The van der Waals surface area contributed by atoms with E-state index in [0.29, 0.717) is 6.21 Å². The Balaban J connectivity index is 2.87. The van der Waals surface area contributed by atoms with E-state index in [2.05, 4.69) is 26.4 Å². The van der Waals surface area contributed by atoms with Crippen LogP contribution in [-0.4, -0.2) is 17.3 Å². The molecule has 0 fully saturated rings. The van der Waals surface area contributed by atoms with Crippen molar-refractivity contribution in [3.63, 3.8) is 0 Å². The Morgan fingerprint density at radius 2 is 2.36 bits per heavy atom. The van der Waals surface area contributed by atoms with Crippen LogP contribution in [0.3, 0.4) is 0 Å². The molecule has 1 amide bonds. The first-order chi connectivity index (χ1) is 6.65. The van der Waals surface area contributed by atoms with E-state index in [1.807, 2.05) is 0 Å². The van der Waals surface area contributed by atoms with Crippen molar-refractivity contribution in [2.24, 2.45) is 5.16 Å². The lowest BCUT2D eigenvalue weighted by Crippen LogP contribution is -2.13. The molecule has 0 heterocycles. The van der Waals surface area contributed by atoms with Gasteiger partial charge in [-0.3, -0.25) is 4.79 Å². The molecule has 4 nitrogen and oxygen atoms in total. The molecule has 0 aliphatic rings. The SMILES string of the molecule is O=C(/C=N/O)Nc1cccc(F)c1Br. The predicted octanol–water partition coefficient (Wildman–Crippen LogP) is 1.99. The van der Waals surface area contributed by atoms with Crippen LogP contribution in [0.1, 0.15) is 0 Å². The number of hydrogen-bond donors (Lipinski definition) is 2. The molecule has 0 aliphatic carbocycles. The first kappa shape index (κ1) is 10.6. The Labute approximate surface area is 87.5 Å². The minimum Gasteiger partial charge on any atom is -0.411 e. The molecule has 0 aliphatic heterocycles. The number of halogens is 2. The van der Waals surface area contributed by atoms with Crippen molar-refractivity contribution in [1.82, 2.24) is 0 Å². The number of nitrogens with one attached hydrogen (secondary N) is 1. The van der Waals surface area contributed by atoms with E-state index >= 15 is 0 Å². The van der Waals surface area contributed by atoms with Crippen LogP contribution >= 0.6 is 15.9 Å². The van der Waals surface area contributed by atoms with Gasteiger partial charge in [0, 0.05) is 0 Å².